The number of nitrogens with zero attached hydrogens (tertiary/aromatic N) is 5. The molecule has 7 heteroatoms. The molecule has 1 aliphatic rings. The molecule has 4 heterocycles. The second-order valence-electron chi connectivity index (χ2n) is 9.14. The Balaban J connectivity index is 1.46. The first-order chi connectivity index (χ1) is 15.5. The van der Waals surface area contributed by atoms with E-state index in [1.807, 2.05) is 19.1 Å². The number of hydrogen-bond donors (Lipinski definition) is 1. The Morgan fingerprint density at radius 1 is 1.19 bits per heavy atom. The predicted molar refractivity (Wildman–Crippen MR) is 126 cm³/mol. The molecule has 0 unspecified atom stereocenters. The van der Waals surface area contributed by atoms with Crippen molar-refractivity contribution in [1.82, 2.24) is 29.7 Å². The van der Waals surface area contributed by atoms with E-state index < -0.39 is 0 Å². The maximum atomic E-state index is 11.8. The van der Waals surface area contributed by atoms with Gasteiger partial charge in [0.25, 0.3) is 0 Å². The van der Waals surface area contributed by atoms with E-state index in [-0.39, 0.29) is 0 Å². The number of fused-ring (bicyclic) bond motifs is 2. The average molecular weight is 431 g/mol. The Kier molecular flexibility index (Phi) is 5.51. The predicted octanol–water partition coefficient (Wildman–Crippen LogP) is 4.55. The zero-order chi connectivity index (χ0) is 22.2. The molecule has 4 aromatic rings. The first kappa shape index (κ1) is 20.8. The highest BCUT2D eigenvalue weighted by molar-refractivity contribution is 5.91. The number of hydrogen-bond acceptors (Lipinski definition) is 5. The number of piperidine rings is 1. The van der Waals surface area contributed by atoms with Gasteiger partial charge in [-0.2, -0.15) is 0 Å². The lowest BCUT2D eigenvalue weighted by Crippen LogP contribution is -2.36. The number of H-pyrrole nitrogens is 1. The van der Waals surface area contributed by atoms with Gasteiger partial charge < -0.3 is 4.98 Å². The van der Waals surface area contributed by atoms with Gasteiger partial charge in [-0.25, -0.2) is 4.98 Å². The highest BCUT2D eigenvalue weighted by Crippen LogP contribution is 2.37. The van der Waals surface area contributed by atoms with Gasteiger partial charge >= 0.3 is 0 Å². The lowest BCUT2D eigenvalue weighted by atomic mass is 9.87. The van der Waals surface area contributed by atoms with Crippen LogP contribution >= 0.6 is 0 Å². The van der Waals surface area contributed by atoms with Crippen LogP contribution in [0.15, 0.2) is 36.7 Å². The van der Waals surface area contributed by atoms with E-state index in [9.17, 15) is 4.79 Å². The van der Waals surface area contributed by atoms with Crippen molar-refractivity contribution in [2.75, 3.05) is 19.6 Å². The maximum absolute atomic E-state index is 11.8. The van der Waals surface area contributed by atoms with Crippen LogP contribution in [0.4, 0.5) is 0 Å². The first-order valence-corrected chi connectivity index (χ1v) is 11.6. The molecular weight excluding hydrogens is 400 g/mol. The summed E-state index contributed by atoms with van der Waals surface area (Å²) in [6.07, 6.45) is 4.35. The number of ketones is 1. The van der Waals surface area contributed by atoms with Crippen molar-refractivity contribution in [3.63, 3.8) is 0 Å². The van der Waals surface area contributed by atoms with Crippen molar-refractivity contribution in [2.45, 2.75) is 51.9 Å². The molecule has 1 aromatic carbocycles. The van der Waals surface area contributed by atoms with E-state index in [1.54, 1.807) is 4.63 Å². The van der Waals surface area contributed by atoms with Crippen LogP contribution in [-0.4, -0.2) is 55.1 Å². The number of carbonyl (C=O) groups excluding carboxylic acids is 1. The van der Waals surface area contributed by atoms with Gasteiger partial charge in [0.05, 0.1) is 12.2 Å². The SMILES string of the molecule is CCC(=O)CN1CCC(c2ccc3[nH]c(-c4ccc5ncnn5n4)c(C(C)C)c3c2)CC1. The van der Waals surface area contributed by atoms with Crippen molar-refractivity contribution in [3.8, 4) is 11.4 Å². The number of aromatic nitrogens is 5. The van der Waals surface area contributed by atoms with Crippen LogP contribution in [0.5, 0.6) is 0 Å². The zero-order valence-electron chi connectivity index (χ0n) is 19.0. The van der Waals surface area contributed by atoms with Crippen molar-refractivity contribution in [2.24, 2.45) is 0 Å². The van der Waals surface area contributed by atoms with Crippen LogP contribution < -0.4 is 0 Å². The zero-order valence-corrected chi connectivity index (χ0v) is 19.0. The molecule has 0 aliphatic carbocycles. The summed E-state index contributed by atoms with van der Waals surface area (Å²) in [6.45, 7) is 8.99. The number of Topliss-reactive ketones (excluding diaryl/α,β-unsaturated/α-hetero) is 1. The van der Waals surface area contributed by atoms with Gasteiger partial charge in [-0.1, -0.05) is 26.8 Å². The van der Waals surface area contributed by atoms with Gasteiger partial charge in [-0.05, 0) is 73.2 Å². The average Bonchev–Trinajstić information content (AvgIpc) is 3.42. The number of benzene rings is 1. The number of nitrogens with one attached hydrogen (secondary N) is 1. The molecule has 0 spiro atoms. The molecule has 166 valence electrons. The second-order valence-corrected chi connectivity index (χ2v) is 9.14. The molecule has 32 heavy (non-hydrogen) atoms. The van der Waals surface area contributed by atoms with Crippen molar-refractivity contribution < 1.29 is 4.79 Å². The Morgan fingerprint density at radius 3 is 2.75 bits per heavy atom. The minimum absolute atomic E-state index is 0.337. The molecule has 1 N–H and O–H groups in total. The van der Waals surface area contributed by atoms with Gasteiger partial charge in [-0.3, -0.25) is 9.69 Å². The molecule has 7 nitrogen and oxygen atoms in total. The fraction of sp³-hybridized carbons (Fsp3) is 0.440. The summed E-state index contributed by atoms with van der Waals surface area (Å²) in [7, 11) is 0. The van der Waals surface area contributed by atoms with Crippen LogP contribution in [0.1, 0.15) is 63.0 Å². The quantitative estimate of drug-likeness (QED) is 0.485. The van der Waals surface area contributed by atoms with Crippen LogP contribution in [0, 0.1) is 0 Å². The molecule has 1 fully saturated rings. The molecule has 5 rings (SSSR count). The van der Waals surface area contributed by atoms with Gasteiger partial charge in [-0.15, -0.1) is 14.8 Å². The molecule has 3 aromatic heterocycles. The minimum Gasteiger partial charge on any atom is -0.353 e. The fourth-order valence-corrected chi connectivity index (χ4v) is 4.93. The molecule has 1 saturated heterocycles. The standard InChI is InChI=1S/C25H30N6O/c1-4-19(32)14-30-11-9-17(10-12-30)18-5-6-21-20(13-18)24(16(2)3)25(28-21)22-7-8-23-26-15-27-31(23)29-22/h5-8,13,15-17,28H,4,9-12,14H2,1-3H3. The van der Waals surface area contributed by atoms with Crippen LogP contribution in [-0.2, 0) is 4.79 Å². The molecular formula is C25H30N6O. The Bertz CT molecular complexity index is 1260. The Morgan fingerprint density at radius 2 is 2.00 bits per heavy atom. The third-order valence-electron chi connectivity index (χ3n) is 6.70. The van der Waals surface area contributed by atoms with Crippen molar-refractivity contribution in [1.29, 1.82) is 0 Å². The van der Waals surface area contributed by atoms with E-state index in [0.29, 0.717) is 30.6 Å². The smallest absolute Gasteiger partial charge is 0.176 e. The van der Waals surface area contributed by atoms with E-state index in [4.69, 9.17) is 0 Å². The largest absolute Gasteiger partial charge is 0.353 e. The van der Waals surface area contributed by atoms with E-state index in [0.717, 1.165) is 48.5 Å². The Hall–Kier alpha value is -3.06. The third-order valence-corrected chi connectivity index (χ3v) is 6.70. The normalized spacial score (nSPS) is 15.9. The topological polar surface area (TPSA) is 79.2 Å². The molecule has 0 saturated carbocycles. The Labute approximate surface area is 187 Å². The summed E-state index contributed by atoms with van der Waals surface area (Å²) in [5.41, 5.74) is 6.49. The van der Waals surface area contributed by atoms with Crippen molar-refractivity contribution >= 4 is 22.3 Å². The highest BCUT2D eigenvalue weighted by Gasteiger charge is 2.24. The fourth-order valence-electron chi connectivity index (χ4n) is 4.93. The van der Waals surface area contributed by atoms with Crippen LogP contribution in [0.25, 0.3) is 27.9 Å². The summed E-state index contributed by atoms with van der Waals surface area (Å²) in [5, 5.41) is 10.1. The molecule has 0 bridgehead atoms. The van der Waals surface area contributed by atoms with Crippen LogP contribution in [0.2, 0.25) is 0 Å². The van der Waals surface area contributed by atoms with E-state index in [1.165, 1.54) is 22.8 Å². The first-order valence-electron chi connectivity index (χ1n) is 11.6. The second kappa shape index (κ2) is 8.47. The van der Waals surface area contributed by atoms with Gasteiger partial charge in [0.15, 0.2) is 5.65 Å². The monoisotopic (exact) mass is 430 g/mol. The lowest BCUT2D eigenvalue weighted by Gasteiger charge is -2.31. The minimum atomic E-state index is 0.337. The molecule has 0 radical (unpaired) electrons. The summed E-state index contributed by atoms with van der Waals surface area (Å²) in [6, 6.07) is 10.8. The number of carbonyl (C=O) groups is 1. The molecule has 1 aliphatic heterocycles. The third kappa shape index (κ3) is 3.81. The lowest BCUT2D eigenvalue weighted by molar-refractivity contribution is -0.120. The van der Waals surface area contributed by atoms with Gasteiger partial charge in [0.1, 0.15) is 17.8 Å². The summed E-state index contributed by atoms with van der Waals surface area (Å²) < 4.78 is 1.58. The van der Waals surface area contributed by atoms with Crippen LogP contribution in [0.3, 0.4) is 0 Å². The molecule has 0 atom stereocenters. The van der Waals surface area contributed by atoms with E-state index in [2.05, 4.69) is 57.1 Å². The summed E-state index contributed by atoms with van der Waals surface area (Å²) >= 11 is 0. The number of aromatic amines is 1. The summed E-state index contributed by atoms with van der Waals surface area (Å²) in [4.78, 5) is 21.9. The van der Waals surface area contributed by atoms with Crippen molar-refractivity contribution in [3.05, 3.63) is 47.8 Å². The highest BCUT2D eigenvalue weighted by atomic mass is 16.1. The van der Waals surface area contributed by atoms with E-state index >= 15 is 0 Å². The summed E-state index contributed by atoms with van der Waals surface area (Å²) in [5.74, 6) is 1.23. The van der Waals surface area contributed by atoms with Gasteiger partial charge in [0.2, 0.25) is 0 Å². The molecule has 0 amide bonds. The van der Waals surface area contributed by atoms with Gasteiger partial charge in [0, 0.05) is 17.3 Å². The maximum Gasteiger partial charge on any atom is 0.176 e. The number of likely N-dealkylation sites (tertiary alicyclic amines) is 1. The number of rotatable bonds is 6.